The van der Waals surface area contributed by atoms with Crippen LogP contribution < -0.4 is 21.2 Å². The van der Waals surface area contributed by atoms with Gasteiger partial charge in [0.15, 0.2) is 0 Å². The first-order chi connectivity index (χ1) is 6.75. The summed E-state index contributed by atoms with van der Waals surface area (Å²) >= 11 is -0.139. The molecular formula is C12H12IO+. The minimum absolute atomic E-state index is 0.139. The van der Waals surface area contributed by atoms with Gasteiger partial charge in [0.25, 0.3) is 0 Å². The first-order valence-electron chi connectivity index (χ1n) is 4.52. The lowest BCUT2D eigenvalue weighted by Gasteiger charge is -1.88. The molecule has 72 valence electrons. The molecule has 14 heavy (non-hydrogen) atoms. The molecule has 2 rings (SSSR count). The lowest BCUT2D eigenvalue weighted by Crippen LogP contribution is -3.61. The van der Waals surface area contributed by atoms with Crippen LogP contribution in [-0.2, 0) is 0 Å². The molecule has 1 nitrogen and oxygen atoms in total. The second-order valence-electron chi connectivity index (χ2n) is 3.19. The van der Waals surface area contributed by atoms with Gasteiger partial charge in [0, 0.05) is 11.6 Å². The predicted octanol–water partition coefficient (Wildman–Crippen LogP) is 0.0248. The summed E-state index contributed by atoms with van der Waals surface area (Å²) in [6, 6.07) is 12.7. The van der Waals surface area contributed by atoms with Gasteiger partial charge in [-0.05, 0) is 26.0 Å². The van der Waals surface area contributed by atoms with E-state index in [1.54, 1.807) is 0 Å². The normalized spacial score (nSPS) is 10.4. The number of aryl methyl sites for hydroxylation is 2. The van der Waals surface area contributed by atoms with Crippen molar-refractivity contribution in [1.82, 2.24) is 0 Å². The molecule has 0 saturated heterocycles. The zero-order valence-electron chi connectivity index (χ0n) is 8.25. The third kappa shape index (κ3) is 2.18. The van der Waals surface area contributed by atoms with Gasteiger partial charge in [0.05, 0.1) is 0 Å². The Hall–Kier alpha value is -0.770. The van der Waals surface area contributed by atoms with Crippen LogP contribution in [0.1, 0.15) is 11.3 Å². The number of benzene rings is 1. The number of hydrogen-bond donors (Lipinski definition) is 0. The van der Waals surface area contributed by atoms with Crippen LogP contribution in [0.3, 0.4) is 0 Å². The molecule has 0 atom stereocenters. The van der Waals surface area contributed by atoms with E-state index >= 15 is 0 Å². The quantitative estimate of drug-likeness (QED) is 0.713. The number of hydrogen-bond acceptors (Lipinski definition) is 1. The van der Waals surface area contributed by atoms with Gasteiger partial charge in [-0.25, -0.2) is 0 Å². The Kier molecular flexibility index (Phi) is 2.91. The summed E-state index contributed by atoms with van der Waals surface area (Å²) < 4.78 is 8.19. The SMILES string of the molecule is Cc1ccc([I+]c2ccccc2C)o1. The lowest BCUT2D eigenvalue weighted by molar-refractivity contribution is -0.618. The topological polar surface area (TPSA) is 13.1 Å². The average Bonchev–Trinajstić information content (AvgIpc) is 2.56. The summed E-state index contributed by atoms with van der Waals surface area (Å²) in [5.41, 5.74) is 1.37. The average molecular weight is 299 g/mol. The molecule has 1 aromatic heterocycles. The van der Waals surface area contributed by atoms with E-state index in [0.29, 0.717) is 0 Å². The van der Waals surface area contributed by atoms with E-state index in [9.17, 15) is 0 Å². The van der Waals surface area contributed by atoms with Crippen LogP contribution in [0.2, 0.25) is 0 Å². The molecule has 1 aromatic carbocycles. The fraction of sp³-hybridized carbons (Fsp3) is 0.167. The van der Waals surface area contributed by atoms with Crippen molar-refractivity contribution in [2.24, 2.45) is 0 Å². The third-order valence-corrected chi connectivity index (χ3v) is 4.88. The van der Waals surface area contributed by atoms with Gasteiger partial charge in [-0.2, -0.15) is 0 Å². The van der Waals surface area contributed by atoms with Crippen molar-refractivity contribution in [3.63, 3.8) is 0 Å². The first-order valence-corrected chi connectivity index (χ1v) is 6.68. The molecule has 0 saturated carbocycles. The van der Waals surface area contributed by atoms with E-state index in [4.69, 9.17) is 4.42 Å². The van der Waals surface area contributed by atoms with Crippen LogP contribution >= 0.6 is 0 Å². The van der Waals surface area contributed by atoms with Crippen molar-refractivity contribution in [2.75, 3.05) is 0 Å². The molecular weight excluding hydrogens is 287 g/mol. The molecule has 2 aromatic rings. The predicted molar refractivity (Wildman–Crippen MR) is 52.0 cm³/mol. The fourth-order valence-corrected chi connectivity index (χ4v) is 3.60. The maximum absolute atomic E-state index is 5.59. The van der Waals surface area contributed by atoms with Crippen molar-refractivity contribution in [2.45, 2.75) is 13.8 Å². The highest BCUT2D eigenvalue weighted by Crippen LogP contribution is 1.97. The van der Waals surface area contributed by atoms with Crippen molar-refractivity contribution in [3.05, 3.63) is 55.1 Å². The van der Waals surface area contributed by atoms with Crippen LogP contribution in [0, 0.1) is 21.2 Å². The highest BCUT2D eigenvalue weighted by molar-refractivity contribution is 5.11. The molecule has 0 radical (unpaired) electrons. The van der Waals surface area contributed by atoms with Gasteiger partial charge in [0.2, 0.25) is 3.57 Å². The highest BCUT2D eigenvalue weighted by Gasteiger charge is 2.20. The second kappa shape index (κ2) is 4.17. The number of furan rings is 1. The summed E-state index contributed by atoms with van der Waals surface area (Å²) in [5.74, 6) is 1.01. The van der Waals surface area contributed by atoms with Crippen LogP contribution in [0.5, 0.6) is 0 Å². The lowest BCUT2D eigenvalue weighted by atomic mass is 10.2. The molecule has 0 aliphatic carbocycles. The van der Waals surface area contributed by atoms with E-state index in [2.05, 4.69) is 37.3 Å². The summed E-state index contributed by atoms with van der Waals surface area (Å²) in [7, 11) is 0. The molecule has 0 aliphatic heterocycles. The van der Waals surface area contributed by atoms with E-state index in [1.165, 1.54) is 9.13 Å². The smallest absolute Gasteiger partial charge is 0.400 e. The molecule has 2 heteroatoms. The van der Waals surface area contributed by atoms with E-state index in [-0.39, 0.29) is 21.2 Å². The molecule has 0 bridgehead atoms. The third-order valence-electron chi connectivity index (χ3n) is 1.98. The van der Waals surface area contributed by atoms with Gasteiger partial charge in [0.1, 0.15) is 5.76 Å². The van der Waals surface area contributed by atoms with Crippen LogP contribution in [0.4, 0.5) is 0 Å². The van der Waals surface area contributed by atoms with Gasteiger partial charge >= 0.3 is 25.0 Å². The molecule has 0 N–H and O–H groups in total. The maximum atomic E-state index is 5.59. The zero-order valence-corrected chi connectivity index (χ0v) is 10.4. The molecule has 0 unspecified atom stereocenters. The Morgan fingerprint density at radius 3 is 2.43 bits per heavy atom. The summed E-state index contributed by atoms with van der Waals surface area (Å²) in [5, 5.41) is 0. The zero-order chi connectivity index (χ0) is 9.97. The molecule has 0 spiro atoms. The van der Waals surface area contributed by atoms with E-state index in [0.717, 1.165) is 9.53 Å². The Balaban J connectivity index is 2.23. The van der Waals surface area contributed by atoms with Gasteiger partial charge in [-0.3, -0.25) is 0 Å². The van der Waals surface area contributed by atoms with E-state index in [1.807, 2.05) is 13.0 Å². The molecule has 1 heterocycles. The second-order valence-corrected chi connectivity index (χ2v) is 5.96. The van der Waals surface area contributed by atoms with Gasteiger partial charge in [-0.1, -0.05) is 18.2 Å². The number of rotatable bonds is 2. The van der Waals surface area contributed by atoms with Crippen molar-refractivity contribution < 1.29 is 25.6 Å². The monoisotopic (exact) mass is 299 g/mol. The van der Waals surface area contributed by atoms with Crippen LogP contribution in [0.25, 0.3) is 0 Å². The van der Waals surface area contributed by atoms with E-state index < -0.39 is 0 Å². The fourth-order valence-electron chi connectivity index (χ4n) is 1.21. The highest BCUT2D eigenvalue weighted by atomic mass is 127. The Morgan fingerprint density at radius 2 is 1.79 bits per heavy atom. The van der Waals surface area contributed by atoms with Crippen LogP contribution in [-0.4, -0.2) is 0 Å². The summed E-state index contributed by atoms with van der Waals surface area (Å²) in [6.45, 7) is 4.15. The van der Waals surface area contributed by atoms with Gasteiger partial charge < -0.3 is 4.42 Å². The largest absolute Gasteiger partial charge is 0.424 e. The molecule has 0 aliphatic rings. The Bertz CT molecular complexity index is 431. The maximum Gasteiger partial charge on any atom is 0.400 e. The molecule has 0 fully saturated rings. The van der Waals surface area contributed by atoms with Crippen molar-refractivity contribution >= 4 is 0 Å². The summed E-state index contributed by atoms with van der Waals surface area (Å²) in [6.07, 6.45) is 0. The minimum atomic E-state index is -0.139. The van der Waals surface area contributed by atoms with Crippen LogP contribution in [0.15, 0.2) is 40.8 Å². The number of halogens is 1. The van der Waals surface area contributed by atoms with Crippen molar-refractivity contribution in [1.29, 1.82) is 0 Å². The summed E-state index contributed by atoms with van der Waals surface area (Å²) in [4.78, 5) is 0. The van der Waals surface area contributed by atoms with Crippen molar-refractivity contribution in [3.8, 4) is 0 Å². The molecule has 0 amide bonds. The standard InChI is InChI=1S/C12H12IO/c1-9-5-3-4-6-11(9)13-12-8-7-10(2)14-12/h3-8H,1-2H3/q+1. The Labute approximate surface area is 94.4 Å². The first kappa shape index (κ1) is 9.77. The minimum Gasteiger partial charge on any atom is -0.424 e. The Morgan fingerprint density at radius 1 is 1.00 bits per heavy atom. The van der Waals surface area contributed by atoms with Gasteiger partial charge in [-0.15, -0.1) is 0 Å².